The van der Waals surface area contributed by atoms with Crippen molar-refractivity contribution in [3.05, 3.63) is 0 Å². The summed E-state index contributed by atoms with van der Waals surface area (Å²) in [5.74, 6) is 1.01. The molecule has 0 aromatic heterocycles. The van der Waals surface area contributed by atoms with Gasteiger partial charge in [0.2, 0.25) is 0 Å². The molecule has 3 nitrogen and oxygen atoms in total. The van der Waals surface area contributed by atoms with Crippen molar-refractivity contribution in [1.82, 2.24) is 9.80 Å². The maximum Gasteiger partial charge on any atom is 0.121 e. The van der Waals surface area contributed by atoms with Crippen molar-refractivity contribution in [3.63, 3.8) is 0 Å². The highest BCUT2D eigenvalue weighted by molar-refractivity contribution is 5.49. The molecule has 1 heterocycles. The third-order valence-electron chi connectivity index (χ3n) is 3.24. The highest BCUT2D eigenvalue weighted by atomic mass is 16.1. The third-order valence-corrected chi connectivity index (χ3v) is 3.24. The fourth-order valence-corrected chi connectivity index (χ4v) is 2.10. The summed E-state index contributed by atoms with van der Waals surface area (Å²) in [6.45, 7) is 6.99. The van der Waals surface area contributed by atoms with Crippen molar-refractivity contribution in [2.45, 2.75) is 19.3 Å². The van der Waals surface area contributed by atoms with Gasteiger partial charge in [-0.1, -0.05) is 0 Å². The molecule has 2 aliphatic rings. The molecular formula is C11H20N2O. The molecule has 14 heavy (non-hydrogen) atoms. The topological polar surface area (TPSA) is 23.6 Å². The minimum Gasteiger partial charge on any atom is -0.303 e. The summed E-state index contributed by atoms with van der Waals surface area (Å²) < 4.78 is 0. The van der Waals surface area contributed by atoms with Crippen LogP contribution in [0.4, 0.5) is 0 Å². The lowest BCUT2D eigenvalue weighted by Crippen LogP contribution is -2.47. The van der Waals surface area contributed by atoms with Gasteiger partial charge >= 0.3 is 0 Å². The molecule has 2 fully saturated rings. The van der Waals surface area contributed by atoms with Crippen LogP contribution in [-0.2, 0) is 4.79 Å². The highest BCUT2D eigenvalue weighted by Gasteiger charge is 2.25. The number of aldehydes is 1. The molecule has 0 radical (unpaired) electrons. The zero-order valence-electron chi connectivity index (χ0n) is 8.82. The largest absolute Gasteiger partial charge is 0.303 e. The average Bonchev–Trinajstić information content (AvgIpc) is 3.01. The summed E-state index contributed by atoms with van der Waals surface area (Å²) in [5.41, 5.74) is 0. The van der Waals surface area contributed by atoms with Gasteiger partial charge in [-0.25, -0.2) is 0 Å². The summed E-state index contributed by atoms with van der Waals surface area (Å²) in [5, 5.41) is 0. The molecule has 1 aliphatic carbocycles. The van der Waals surface area contributed by atoms with Crippen LogP contribution in [0.15, 0.2) is 0 Å². The Kier molecular flexibility index (Phi) is 3.54. The second-order valence-electron chi connectivity index (χ2n) is 4.54. The second-order valence-corrected chi connectivity index (χ2v) is 4.54. The lowest BCUT2D eigenvalue weighted by atomic mass is 10.2. The number of rotatable bonds is 5. The summed E-state index contributed by atoms with van der Waals surface area (Å²) in [6, 6.07) is 0. The monoisotopic (exact) mass is 196 g/mol. The van der Waals surface area contributed by atoms with Crippen LogP contribution in [-0.4, -0.2) is 55.4 Å². The van der Waals surface area contributed by atoms with E-state index in [1.54, 1.807) is 0 Å². The SMILES string of the molecule is O=CCCN1CCN(CC2CC2)CC1. The van der Waals surface area contributed by atoms with Crippen LogP contribution in [0.3, 0.4) is 0 Å². The van der Waals surface area contributed by atoms with Crippen molar-refractivity contribution in [2.75, 3.05) is 39.3 Å². The van der Waals surface area contributed by atoms with E-state index in [0.717, 1.165) is 31.8 Å². The van der Waals surface area contributed by atoms with E-state index in [1.807, 2.05) is 0 Å². The number of carbonyl (C=O) groups is 1. The lowest BCUT2D eigenvalue weighted by molar-refractivity contribution is -0.108. The van der Waals surface area contributed by atoms with Gasteiger partial charge in [0.05, 0.1) is 0 Å². The van der Waals surface area contributed by atoms with E-state index in [1.165, 1.54) is 32.5 Å². The molecule has 80 valence electrons. The molecule has 0 aromatic rings. The van der Waals surface area contributed by atoms with E-state index in [4.69, 9.17) is 0 Å². The summed E-state index contributed by atoms with van der Waals surface area (Å²) in [7, 11) is 0. The Labute approximate surface area is 86.1 Å². The Balaban J connectivity index is 1.61. The maximum absolute atomic E-state index is 10.2. The van der Waals surface area contributed by atoms with Gasteiger partial charge in [-0.05, 0) is 18.8 Å². The van der Waals surface area contributed by atoms with Gasteiger partial charge < -0.3 is 14.6 Å². The first-order valence-electron chi connectivity index (χ1n) is 5.77. The molecule has 0 amide bonds. The van der Waals surface area contributed by atoms with E-state index in [2.05, 4.69) is 9.80 Å². The van der Waals surface area contributed by atoms with Gasteiger partial charge in [0, 0.05) is 45.7 Å². The Bertz CT molecular complexity index is 184. The van der Waals surface area contributed by atoms with Gasteiger partial charge in [0.15, 0.2) is 0 Å². The molecule has 2 rings (SSSR count). The zero-order valence-corrected chi connectivity index (χ0v) is 8.82. The standard InChI is InChI=1S/C11H20N2O/c14-9-1-4-12-5-7-13(8-6-12)10-11-2-3-11/h9,11H,1-8,10H2. The van der Waals surface area contributed by atoms with E-state index in [-0.39, 0.29) is 0 Å². The smallest absolute Gasteiger partial charge is 0.121 e. The van der Waals surface area contributed by atoms with Crippen LogP contribution in [0, 0.1) is 5.92 Å². The number of piperazine rings is 1. The normalized spacial score (nSPS) is 25.1. The Morgan fingerprint density at radius 1 is 1.07 bits per heavy atom. The summed E-state index contributed by atoms with van der Waals surface area (Å²) in [6.07, 6.45) is 4.62. The molecule has 0 atom stereocenters. The molecule has 1 saturated heterocycles. The fraction of sp³-hybridized carbons (Fsp3) is 0.909. The predicted octanol–water partition coefficient (Wildman–Crippen LogP) is 0.603. The molecular weight excluding hydrogens is 176 g/mol. The first-order chi connectivity index (χ1) is 6.88. The van der Waals surface area contributed by atoms with Crippen molar-refractivity contribution < 1.29 is 4.79 Å². The van der Waals surface area contributed by atoms with E-state index >= 15 is 0 Å². The van der Waals surface area contributed by atoms with Crippen LogP contribution < -0.4 is 0 Å². The van der Waals surface area contributed by atoms with E-state index < -0.39 is 0 Å². The third kappa shape index (κ3) is 3.07. The van der Waals surface area contributed by atoms with Crippen molar-refractivity contribution in [1.29, 1.82) is 0 Å². The first kappa shape index (κ1) is 10.1. The molecule has 0 unspecified atom stereocenters. The zero-order chi connectivity index (χ0) is 9.80. The van der Waals surface area contributed by atoms with Crippen LogP contribution in [0.25, 0.3) is 0 Å². The average molecular weight is 196 g/mol. The molecule has 1 saturated carbocycles. The fourth-order valence-electron chi connectivity index (χ4n) is 2.10. The van der Waals surface area contributed by atoms with Gasteiger partial charge in [-0.2, -0.15) is 0 Å². The number of nitrogens with zero attached hydrogens (tertiary/aromatic N) is 2. The van der Waals surface area contributed by atoms with Crippen LogP contribution >= 0.6 is 0 Å². The Hall–Kier alpha value is -0.410. The van der Waals surface area contributed by atoms with Gasteiger partial charge in [-0.15, -0.1) is 0 Å². The first-order valence-corrected chi connectivity index (χ1v) is 5.77. The minimum absolute atomic E-state index is 0.697. The van der Waals surface area contributed by atoms with E-state index in [9.17, 15) is 4.79 Å². The Morgan fingerprint density at radius 3 is 2.29 bits per heavy atom. The Morgan fingerprint density at radius 2 is 1.71 bits per heavy atom. The molecule has 3 heteroatoms. The van der Waals surface area contributed by atoms with Crippen LogP contribution in [0.2, 0.25) is 0 Å². The summed E-state index contributed by atoms with van der Waals surface area (Å²) >= 11 is 0. The summed E-state index contributed by atoms with van der Waals surface area (Å²) in [4.78, 5) is 15.2. The number of hydrogen-bond donors (Lipinski definition) is 0. The van der Waals surface area contributed by atoms with Crippen LogP contribution in [0.5, 0.6) is 0 Å². The quantitative estimate of drug-likeness (QED) is 0.602. The molecule has 0 aromatic carbocycles. The van der Waals surface area contributed by atoms with Crippen LogP contribution in [0.1, 0.15) is 19.3 Å². The molecule has 0 N–H and O–H groups in total. The van der Waals surface area contributed by atoms with Gasteiger partial charge in [0.1, 0.15) is 6.29 Å². The minimum atomic E-state index is 0.697. The maximum atomic E-state index is 10.2. The van der Waals surface area contributed by atoms with E-state index in [0.29, 0.717) is 6.42 Å². The predicted molar refractivity (Wildman–Crippen MR) is 56.3 cm³/mol. The van der Waals surface area contributed by atoms with Gasteiger partial charge in [-0.3, -0.25) is 0 Å². The molecule has 0 bridgehead atoms. The van der Waals surface area contributed by atoms with Crippen molar-refractivity contribution in [2.24, 2.45) is 5.92 Å². The van der Waals surface area contributed by atoms with Gasteiger partial charge in [0.25, 0.3) is 0 Å². The molecule has 1 aliphatic heterocycles. The molecule has 0 spiro atoms. The second kappa shape index (κ2) is 4.89. The van der Waals surface area contributed by atoms with Crippen molar-refractivity contribution in [3.8, 4) is 0 Å². The highest BCUT2D eigenvalue weighted by Crippen LogP contribution is 2.29. The lowest BCUT2D eigenvalue weighted by Gasteiger charge is -2.34. The number of hydrogen-bond acceptors (Lipinski definition) is 3. The number of carbonyl (C=O) groups excluding carboxylic acids is 1. The van der Waals surface area contributed by atoms with Crippen molar-refractivity contribution >= 4 is 6.29 Å².